The van der Waals surface area contributed by atoms with Gasteiger partial charge in [-0.25, -0.2) is 0 Å². The van der Waals surface area contributed by atoms with Crippen LogP contribution in [0.25, 0.3) is 0 Å². The number of hydrogen-bond donors (Lipinski definition) is 1. The van der Waals surface area contributed by atoms with E-state index in [0.29, 0.717) is 12.8 Å². The van der Waals surface area contributed by atoms with Gasteiger partial charge < -0.3 is 9.84 Å². The maximum Gasteiger partial charge on any atom is 0.323 e. The predicted octanol–water partition coefficient (Wildman–Crippen LogP) is 1.98. The number of hydrogen-bond acceptors (Lipinski definition) is 3. The SMILES string of the molecule is O=C(O)C1(C(=O)OCc2ccccc2)CCC1. The minimum atomic E-state index is -1.28. The van der Waals surface area contributed by atoms with E-state index in [1.54, 1.807) is 0 Å². The first-order valence-electron chi connectivity index (χ1n) is 5.60. The van der Waals surface area contributed by atoms with E-state index >= 15 is 0 Å². The van der Waals surface area contributed by atoms with Crippen LogP contribution in [0.2, 0.25) is 0 Å². The second-order valence-corrected chi connectivity index (χ2v) is 4.30. The van der Waals surface area contributed by atoms with Crippen molar-refractivity contribution in [3.05, 3.63) is 35.9 Å². The summed E-state index contributed by atoms with van der Waals surface area (Å²) in [6, 6.07) is 9.23. The average molecular weight is 234 g/mol. The third kappa shape index (κ3) is 2.16. The molecule has 0 atom stereocenters. The van der Waals surface area contributed by atoms with Gasteiger partial charge in [0.25, 0.3) is 0 Å². The lowest BCUT2D eigenvalue weighted by atomic mass is 9.69. The molecule has 1 fully saturated rings. The largest absolute Gasteiger partial charge is 0.480 e. The number of ether oxygens (including phenoxy) is 1. The molecule has 0 aromatic heterocycles. The molecule has 1 N–H and O–H groups in total. The van der Waals surface area contributed by atoms with Gasteiger partial charge in [0, 0.05) is 0 Å². The molecule has 4 nitrogen and oxygen atoms in total. The van der Waals surface area contributed by atoms with E-state index in [2.05, 4.69) is 0 Å². The number of carboxylic acid groups (broad SMARTS) is 1. The summed E-state index contributed by atoms with van der Waals surface area (Å²) >= 11 is 0. The number of carboxylic acids is 1. The molecule has 0 heterocycles. The molecule has 2 rings (SSSR count). The molecule has 0 bridgehead atoms. The van der Waals surface area contributed by atoms with Crippen LogP contribution in [0.3, 0.4) is 0 Å². The third-order valence-electron chi connectivity index (χ3n) is 3.22. The van der Waals surface area contributed by atoms with Gasteiger partial charge in [-0.2, -0.15) is 0 Å². The maximum atomic E-state index is 11.8. The van der Waals surface area contributed by atoms with Crippen molar-refractivity contribution < 1.29 is 19.4 Å². The number of carbonyl (C=O) groups is 2. The van der Waals surface area contributed by atoms with E-state index in [0.717, 1.165) is 12.0 Å². The average Bonchev–Trinajstić information content (AvgIpc) is 2.25. The normalized spacial score (nSPS) is 16.9. The highest BCUT2D eigenvalue weighted by molar-refractivity contribution is 6.00. The molecule has 0 amide bonds. The summed E-state index contributed by atoms with van der Waals surface area (Å²) in [4.78, 5) is 22.8. The van der Waals surface area contributed by atoms with E-state index in [4.69, 9.17) is 9.84 Å². The van der Waals surface area contributed by atoms with Crippen LogP contribution >= 0.6 is 0 Å². The molecule has 4 heteroatoms. The summed E-state index contributed by atoms with van der Waals surface area (Å²) in [6.45, 7) is 0.134. The van der Waals surface area contributed by atoms with Gasteiger partial charge in [-0.1, -0.05) is 30.3 Å². The summed E-state index contributed by atoms with van der Waals surface area (Å²) in [7, 11) is 0. The molecular formula is C13H14O4. The van der Waals surface area contributed by atoms with Gasteiger partial charge in [0.05, 0.1) is 0 Å². The van der Waals surface area contributed by atoms with Crippen LogP contribution in [0.1, 0.15) is 24.8 Å². The van der Waals surface area contributed by atoms with Crippen molar-refractivity contribution in [2.24, 2.45) is 5.41 Å². The van der Waals surface area contributed by atoms with Crippen molar-refractivity contribution in [2.45, 2.75) is 25.9 Å². The predicted molar refractivity (Wildman–Crippen MR) is 60.2 cm³/mol. The summed E-state index contributed by atoms with van der Waals surface area (Å²) < 4.78 is 5.08. The Balaban J connectivity index is 1.96. The van der Waals surface area contributed by atoms with Crippen molar-refractivity contribution in [3.63, 3.8) is 0 Å². The van der Waals surface area contributed by atoms with Crippen molar-refractivity contribution in [2.75, 3.05) is 0 Å². The molecule has 0 saturated heterocycles. The molecule has 0 spiro atoms. The Morgan fingerprint density at radius 2 is 1.88 bits per heavy atom. The van der Waals surface area contributed by atoms with Crippen LogP contribution in [-0.2, 0) is 20.9 Å². The smallest absolute Gasteiger partial charge is 0.323 e. The van der Waals surface area contributed by atoms with E-state index in [9.17, 15) is 9.59 Å². The molecule has 90 valence electrons. The van der Waals surface area contributed by atoms with Gasteiger partial charge >= 0.3 is 11.9 Å². The van der Waals surface area contributed by atoms with Crippen LogP contribution in [0.15, 0.2) is 30.3 Å². The van der Waals surface area contributed by atoms with Gasteiger partial charge in [-0.15, -0.1) is 0 Å². The number of benzene rings is 1. The fourth-order valence-corrected chi connectivity index (χ4v) is 1.90. The molecule has 1 aromatic carbocycles. The van der Waals surface area contributed by atoms with Gasteiger partial charge in [-0.3, -0.25) is 9.59 Å². The molecule has 0 unspecified atom stereocenters. The second kappa shape index (κ2) is 4.57. The van der Waals surface area contributed by atoms with Crippen LogP contribution in [0.4, 0.5) is 0 Å². The van der Waals surface area contributed by atoms with Gasteiger partial charge in [0.2, 0.25) is 0 Å². The summed E-state index contributed by atoms with van der Waals surface area (Å²) in [5, 5.41) is 9.05. The zero-order valence-electron chi connectivity index (χ0n) is 9.39. The van der Waals surface area contributed by atoms with Crippen LogP contribution in [-0.4, -0.2) is 17.0 Å². The van der Waals surface area contributed by atoms with Crippen LogP contribution in [0.5, 0.6) is 0 Å². The number of rotatable bonds is 4. The highest BCUT2D eigenvalue weighted by atomic mass is 16.5. The second-order valence-electron chi connectivity index (χ2n) is 4.30. The lowest BCUT2D eigenvalue weighted by molar-refractivity contribution is -0.176. The van der Waals surface area contributed by atoms with E-state index in [-0.39, 0.29) is 6.61 Å². The number of carbonyl (C=O) groups excluding carboxylic acids is 1. The fourth-order valence-electron chi connectivity index (χ4n) is 1.90. The number of esters is 1. The number of aliphatic carboxylic acids is 1. The molecular weight excluding hydrogens is 220 g/mol. The molecule has 1 aliphatic carbocycles. The van der Waals surface area contributed by atoms with E-state index in [1.807, 2.05) is 30.3 Å². The first-order valence-corrected chi connectivity index (χ1v) is 5.60. The summed E-state index contributed by atoms with van der Waals surface area (Å²) in [6.07, 6.45) is 1.54. The molecule has 0 radical (unpaired) electrons. The maximum absolute atomic E-state index is 11.8. The molecule has 0 aliphatic heterocycles. The van der Waals surface area contributed by atoms with Crippen molar-refractivity contribution in [3.8, 4) is 0 Å². The molecule has 17 heavy (non-hydrogen) atoms. The Hall–Kier alpha value is -1.84. The third-order valence-corrected chi connectivity index (χ3v) is 3.22. The summed E-state index contributed by atoms with van der Waals surface area (Å²) in [5.41, 5.74) is -0.421. The van der Waals surface area contributed by atoms with Gasteiger partial charge in [0.15, 0.2) is 5.41 Å². The van der Waals surface area contributed by atoms with Crippen LogP contribution in [0, 0.1) is 5.41 Å². The lowest BCUT2D eigenvalue weighted by Crippen LogP contribution is -2.46. The fraction of sp³-hybridized carbons (Fsp3) is 0.385. The molecule has 1 aliphatic rings. The minimum Gasteiger partial charge on any atom is -0.480 e. The quantitative estimate of drug-likeness (QED) is 0.639. The zero-order chi connectivity index (χ0) is 12.3. The van der Waals surface area contributed by atoms with Crippen molar-refractivity contribution in [1.29, 1.82) is 0 Å². The minimum absolute atomic E-state index is 0.134. The Bertz CT molecular complexity index is 420. The molecule has 1 aromatic rings. The van der Waals surface area contributed by atoms with Gasteiger partial charge in [0.1, 0.15) is 6.61 Å². The van der Waals surface area contributed by atoms with E-state index in [1.165, 1.54) is 0 Å². The first kappa shape index (κ1) is 11.6. The molecule has 1 saturated carbocycles. The van der Waals surface area contributed by atoms with Gasteiger partial charge in [-0.05, 0) is 24.8 Å². The zero-order valence-corrected chi connectivity index (χ0v) is 9.39. The highest BCUT2D eigenvalue weighted by Crippen LogP contribution is 2.42. The monoisotopic (exact) mass is 234 g/mol. The topological polar surface area (TPSA) is 63.6 Å². The summed E-state index contributed by atoms with van der Waals surface area (Å²) in [5.74, 6) is -1.68. The Labute approximate surface area is 99.2 Å². The highest BCUT2D eigenvalue weighted by Gasteiger charge is 2.52. The lowest BCUT2D eigenvalue weighted by Gasteiger charge is -2.34. The van der Waals surface area contributed by atoms with Crippen molar-refractivity contribution >= 4 is 11.9 Å². The standard InChI is InChI=1S/C13H14O4/c14-11(15)13(7-4-8-13)12(16)17-9-10-5-2-1-3-6-10/h1-3,5-6H,4,7-9H2,(H,14,15). The Morgan fingerprint density at radius 3 is 2.35 bits per heavy atom. The Kier molecular flexibility index (Phi) is 3.13. The van der Waals surface area contributed by atoms with Crippen molar-refractivity contribution in [1.82, 2.24) is 0 Å². The first-order chi connectivity index (χ1) is 8.15. The van der Waals surface area contributed by atoms with E-state index < -0.39 is 17.4 Å². The van der Waals surface area contributed by atoms with Crippen LogP contribution < -0.4 is 0 Å². The Morgan fingerprint density at radius 1 is 1.24 bits per heavy atom.